The van der Waals surface area contributed by atoms with Crippen molar-refractivity contribution in [1.82, 2.24) is 14.6 Å². The lowest BCUT2D eigenvalue weighted by molar-refractivity contribution is 0.102. The Morgan fingerprint density at radius 2 is 1.72 bits per heavy atom. The monoisotopic (exact) mass is 474 g/mol. The molecule has 8 nitrogen and oxygen atoms in total. The number of nitriles is 1. The van der Waals surface area contributed by atoms with Gasteiger partial charge in [-0.2, -0.15) is 10.4 Å². The number of para-hydroxylation sites is 1. The van der Waals surface area contributed by atoms with Gasteiger partial charge in [-0.25, -0.2) is 4.52 Å². The van der Waals surface area contributed by atoms with E-state index in [-0.39, 0.29) is 5.91 Å². The van der Waals surface area contributed by atoms with Gasteiger partial charge in [0.2, 0.25) is 0 Å². The number of hydrogen-bond acceptors (Lipinski definition) is 6. The van der Waals surface area contributed by atoms with Crippen LogP contribution in [0.1, 0.15) is 27.2 Å². The number of benzene rings is 2. The number of carbonyl (C=O) groups is 1. The molecule has 0 fully saturated rings. The number of anilines is 3. The zero-order chi connectivity index (χ0) is 25.1. The largest absolute Gasteiger partial charge is 0.457 e. The average Bonchev–Trinajstić information content (AvgIpc) is 3.21. The van der Waals surface area contributed by atoms with Crippen molar-refractivity contribution < 1.29 is 9.53 Å². The van der Waals surface area contributed by atoms with Crippen LogP contribution in [0.5, 0.6) is 11.5 Å². The van der Waals surface area contributed by atoms with Crippen molar-refractivity contribution in [3.63, 3.8) is 0 Å². The molecule has 0 aliphatic carbocycles. The number of fused-ring (bicyclic) bond motifs is 1. The van der Waals surface area contributed by atoms with E-state index in [4.69, 9.17) is 4.74 Å². The molecule has 3 heterocycles. The quantitative estimate of drug-likeness (QED) is 0.312. The summed E-state index contributed by atoms with van der Waals surface area (Å²) in [5.41, 5.74) is 5.11. The third-order valence-electron chi connectivity index (χ3n) is 5.70. The molecular formula is C28H22N6O2. The second kappa shape index (κ2) is 9.60. The molecule has 0 aliphatic heterocycles. The number of hydrogen-bond donors (Lipinski definition) is 2. The molecule has 0 bridgehead atoms. The van der Waals surface area contributed by atoms with Crippen molar-refractivity contribution >= 4 is 28.5 Å². The number of pyridine rings is 1. The maximum Gasteiger partial charge on any atom is 0.257 e. The maximum atomic E-state index is 12.8. The van der Waals surface area contributed by atoms with Crippen molar-refractivity contribution in [3.8, 4) is 17.6 Å². The summed E-state index contributed by atoms with van der Waals surface area (Å²) in [6, 6.07) is 22.7. The Bertz CT molecular complexity index is 1580. The molecule has 0 aliphatic rings. The average molecular weight is 475 g/mol. The number of aromatic nitrogens is 3. The van der Waals surface area contributed by atoms with E-state index in [2.05, 4.69) is 26.8 Å². The molecule has 0 radical (unpaired) electrons. The van der Waals surface area contributed by atoms with E-state index in [0.717, 1.165) is 22.7 Å². The highest BCUT2D eigenvalue weighted by molar-refractivity contribution is 6.05. The number of carbonyl (C=O) groups excluding carboxylic acids is 1. The predicted molar refractivity (Wildman–Crippen MR) is 138 cm³/mol. The van der Waals surface area contributed by atoms with Crippen LogP contribution in [-0.2, 0) is 0 Å². The molecule has 0 saturated carbocycles. The molecular weight excluding hydrogens is 452 g/mol. The first-order valence-electron chi connectivity index (χ1n) is 11.3. The fraction of sp³-hybridized carbons (Fsp3) is 0.0714. The number of aryl methyl sites for hydroxylation is 2. The second-order valence-corrected chi connectivity index (χ2v) is 8.21. The molecule has 1 amide bonds. The molecule has 0 atom stereocenters. The van der Waals surface area contributed by atoms with Gasteiger partial charge in [-0.15, -0.1) is 0 Å². The number of amides is 1. The van der Waals surface area contributed by atoms with E-state index in [1.807, 2.05) is 68.4 Å². The SMILES string of the molecule is Cc1ccc(C(=O)Nc2cn3ncc(C#N)c(Nc4ccc(Oc5ccccc5)cc4)c3c2C)cn1. The third kappa shape index (κ3) is 4.58. The van der Waals surface area contributed by atoms with Crippen molar-refractivity contribution in [1.29, 1.82) is 5.26 Å². The Morgan fingerprint density at radius 1 is 0.972 bits per heavy atom. The van der Waals surface area contributed by atoms with Gasteiger partial charge in [0.15, 0.2) is 0 Å². The smallest absolute Gasteiger partial charge is 0.257 e. The fourth-order valence-electron chi connectivity index (χ4n) is 3.80. The van der Waals surface area contributed by atoms with E-state index in [9.17, 15) is 10.1 Å². The summed E-state index contributed by atoms with van der Waals surface area (Å²) in [5, 5.41) is 20.4. The highest BCUT2D eigenvalue weighted by Crippen LogP contribution is 2.33. The third-order valence-corrected chi connectivity index (χ3v) is 5.70. The maximum absolute atomic E-state index is 12.8. The molecule has 0 saturated heterocycles. The summed E-state index contributed by atoms with van der Waals surface area (Å²) in [5.74, 6) is 1.17. The zero-order valence-corrected chi connectivity index (χ0v) is 19.7. The highest BCUT2D eigenvalue weighted by Gasteiger charge is 2.18. The van der Waals surface area contributed by atoms with E-state index < -0.39 is 0 Å². The normalized spacial score (nSPS) is 10.6. The first-order valence-corrected chi connectivity index (χ1v) is 11.3. The summed E-state index contributed by atoms with van der Waals surface area (Å²) in [4.78, 5) is 16.9. The van der Waals surface area contributed by atoms with Gasteiger partial charge in [0.1, 0.15) is 17.6 Å². The molecule has 0 spiro atoms. The van der Waals surface area contributed by atoms with E-state index >= 15 is 0 Å². The van der Waals surface area contributed by atoms with Gasteiger partial charge in [0.05, 0.1) is 40.4 Å². The van der Waals surface area contributed by atoms with Crippen molar-refractivity contribution in [2.75, 3.05) is 10.6 Å². The van der Waals surface area contributed by atoms with E-state index in [1.165, 1.54) is 6.20 Å². The molecule has 0 unspecified atom stereocenters. The van der Waals surface area contributed by atoms with Gasteiger partial charge < -0.3 is 15.4 Å². The van der Waals surface area contributed by atoms with Gasteiger partial charge in [-0.05, 0) is 62.4 Å². The van der Waals surface area contributed by atoms with Crippen molar-refractivity contribution in [3.05, 3.63) is 108 Å². The van der Waals surface area contributed by atoms with Crippen LogP contribution in [-0.4, -0.2) is 20.5 Å². The summed E-state index contributed by atoms with van der Waals surface area (Å²) in [6.45, 7) is 3.74. The lowest BCUT2D eigenvalue weighted by atomic mass is 10.1. The number of nitrogens with zero attached hydrogens (tertiary/aromatic N) is 4. The highest BCUT2D eigenvalue weighted by atomic mass is 16.5. The Kier molecular flexibility index (Phi) is 6.03. The zero-order valence-electron chi connectivity index (χ0n) is 19.7. The van der Waals surface area contributed by atoms with Crippen LogP contribution < -0.4 is 15.4 Å². The van der Waals surface area contributed by atoms with Crippen LogP contribution in [0.4, 0.5) is 17.1 Å². The van der Waals surface area contributed by atoms with Gasteiger partial charge in [-0.3, -0.25) is 9.78 Å². The van der Waals surface area contributed by atoms with Crippen LogP contribution >= 0.6 is 0 Å². The van der Waals surface area contributed by atoms with Crippen molar-refractivity contribution in [2.45, 2.75) is 13.8 Å². The lowest BCUT2D eigenvalue weighted by Gasteiger charge is -2.12. The second-order valence-electron chi connectivity index (χ2n) is 8.21. The van der Waals surface area contributed by atoms with Crippen LogP contribution in [0.15, 0.2) is 85.3 Å². The van der Waals surface area contributed by atoms with Gasteiger partial charge in [0.25, 0.3) is 5.91 Å². The molecule has 36 heavy (non-hydrogen) atoms. The Balaban J connectivity index is 1.43. The Labute approximate surface area is 207 Å². The molecule has 2 N–H and O–H groups in total. The fourth-order valence-corrected chi connectivity index (χ4v) is 3.80. The summed E-state index contributed by atoms with van der Waals surface area (Å²) >= 11 is 0. The molecule has 2 aromatic carbocycles. The van der Waals surface area contributed by atoms with E-state index in [1.54, 1.807) is 29.0 Å². The molecule has 3 aromatic heterocycles. The molecule has 176 valence electrons. The number of rotatable bonds is 6. The van der Waals surface area contributed by atoms with Gasteiger partial charge in [-0.1, -0.05) is 18.2 Å². The summed E-state index contributed by atoms with van der Waals surface area (Å²) < 4.78 is 7.51. The Morgan fingerprint density at radius 3 is 2.42 bits per heavy atom. The predicted octanol–water partition coefficient (Wildman–Crippen LogP) is 6.01. The summed E-state index contributed by atoms with van der Waals surface area (Å²) in [6.07, 6.45) is 4.77. The molecule has 5 aromatic rings. The number of ether oxygens (including phenoxy) is 1. The van der Waals surface area contributed by atoms with Crippen LogP contribution in [0, 0.1) is 25.2 Å². The first kappa shape index (κ1) is 22.6. The van der Waals surface area contributed by atoms with Gasteiger partial charge in [0, 0.05) is 23.1 Å². The summed E-state index contributed by atoms with van der Waals surface area (Å²) in [7, 11) is 0. The number of nitrogens with one attached hydrogen (secondary N) is 2. The first-order chi connectivity index (χ1) is 17.5. The molecule has 5 rings (SSSR count). The minimum atomic E-state index is -0.273. The van der Waals surface area contributed by atoms with Crippen LogP contribution in [0.2, 0.25) is 0 Å². The van der Waals surface area contributed by atoms with Crippen molar-refractivity contribution in [2.24, 2.45) is 0 Å². The van der Waals surface area contributed by atoms with Gasteiger partial charge >= 0.3 is 0 Å². The lowest BCUT2D eigenvalue weighted by Crippen LogP contribution is -2.12. The van der Waals surface area contributed by atoms with Crippen LogP contribution in [0.25, 0.3) is 5.52 Å². The minimum absolute atomic E-state index is 0.273. The topological polar surface area (TPSA) is 104 Å². The Hall–Kier alpha value is -5.16. The van der Waals surface area contributed by atoms with Crippen LogP contribution in [0.3, 0.4) is 0 Å². The van der Waals surface area contributed by atoms with E-state index in [0.29, 0.717) is 33.8 Å². The minimum Gasteiger partial charge on any atom is -0.457 e. The standard InChI is InChI=1S/C28H22N6O2/c1-18-8-9-20(15-30-18)28(35)33-25-17-34-27(19(25)2)26(21(14-29)16-31-34)32-22-10-12-24(13-11-22)36-23-6-4-3-5-7-23/h3-13,15-17,32H,1-2H3,(H,33,35). The molecule has 8 heteroatoms.